The van der Waals surface area contributed by atoms with Gasteiger partial charge >= 0.3 is 0 Å². The topological polar surface area (TPSA) is 0 Å². The summed E-state index contributed by atoms with van der Waals surface area (Å²) in [5, 5.41) is 0. The van der Waals surface area contributed by atoms with Gasteiger partial charge in [-0.3, -0.25) is 0 Å². The van der Waals surface area contributed by atoms with E-state index < -0.39 is 0 Å². The summed E-state index contributed by atoms with van der Waals surface area (Å²) in [4.78, 5) is 0. The van der Waals surface area contributed by atoms with Gasteiger partial charge in [0.25, 0.3) is 0 Å². The summed E-state index contributed by atoms with van der Waals surface area (Å²) in [6.07, 6.45) is 19.3. The Kier molecular flexibility index (Phi) is 8.02. The van der Waals surface area contributed by atoms with Crippen molar-refractivity contribution < 1.29 is 4.39 Å². The molecule has 0 bridgehead atoms. The largest absolute Gasteiger partial charge is 0.207 e. The van der Waals surface area contributed by atoms with Crippen molar-refractivity contribution in [3.05, 3.63) is 47.8 Å². The molecule has 0 nitrogen and oxygen atoms in total. The summed E-state index contributed by atoms with van der Waals surface area (Å²) in [5.74, 6) is 0.423. The predicted molar refractivity (Wildman–Crippen MR) is 103 cm³/mol. The molecule has 2 rings (SSSR count). The Morgan fingerprint density at radius 1 is 0.917 bits per heavy atom. The van der Waals surface area contributed by atoms with Crippen LogP contribution in [0.2, 0.25) is 0 Å². The number of rotatable bonds is 2. The molecule has 0 saturated heterocycles. The molecule has 2 unspecified atom stereocenters. The molecule has 0 aliphatic heterocycles. The van der Waals surface area contributed by atoms with Gasteiger partial charge in [0.05, 0.1) is 0 Å². The van der Waals surface area contributed by atoms with Crippen LogP contribution in [-0.4, -0.2) is 0 Å². The van der Waals surface area contributed by atoms with E-state index in [2.05, 4.69) is 26.0 Å². The minimum Gasteiger partial charge on any atom is -0.207 e. The Labute approximate surface area is 148 Å². The van der Waals surface area contributed by atoms with E-state index in [-0.39, 0.29) is 11.2 Å². The van der Waals surface area contributed by atoms with Gasteiger partial charge in [-0.1, -0.05) is 82.6 Å². The molecule has 0 aromatic heterocycles. The minimum absolute atomic E-state index is 0.125. The van der Waals surface area contributed by atoms with E-state index in [1.165, 1.54) is 76.2 Å². The van der Waals surface area contributed by atoms with E-state index in [0.29, 0.717) is 5.92 Å². The lowest BCUT2D eigenvalue weighted by molar-refractivity contribution is 0.305. The van der Waals surface area contributed by atoms with Crippen molar-refractivity contribution in [3.8, 4) is 0 Å². The Balaban J connectivity index is 2.16. The maximum atomic E-state index is 13.3. The molecular weight excluding hydrogens is 295 g/mol. The lowest BCUT2D eigenvalue weighted by Crippen LogP contribution is -2.18. The van der Waals surface area contributed by atoms with Gasteiger partial charge in [-0.05, 0) is 55.2 Å². The summed E-state index contributed by atoms with van der Waals surface area (Å²) in [6.45, 7) is 4.56. The van der Waals surface area contributed by atoms with Crippen LogP contribution in [0.4, 0.5) is 4.39 Å². The van der Waals surface area contributed by atoms with Crippen LogP contribution in [0.1, 0.15) is 96.0 Å². The molecule has 1 aliphatic rings. The molecular formula is C23H35F. The number of halogens is 1. The van der Waals surface area contributed by atoms with Crippen molar-refractivity contribution in [2.75, 3.05) is 0 Å². The van der Waals surface area contributed by atoms with E-state index in [4.69, 9.17) is 0 Å². The monoisotopic (exact) mass is 330 g/mol. The van der Waals surface area contributed by atoms with Crippen LogP contribution in [0, 0.1) is 11.2 Å². The summed E-state index contributed by atoms with van der Waals surface area (Å²) in [6, 6.07) is 7.27. The van der Waals surface area contributed by atoms with Crippen molar-refractivity contribution in [1.29, 1.82) is 0 Å². The molecule has 0 amide bonds. The first-order chi connectivity index (χ1) is 11.6. The molecule has 134 valence electrons. The predicted octanol–water partition coefficient (Wildman–Crippen LogP) is 7.80. The Bertz CT molecular complexity index is 487. The van der Waals surface area contributed by atoms with Crippen LogP contribution in [0.5, 0.6) is 0 Å². The zero-order valence-corrected chi connectivity index (χ0v) is 15.7. The van der Waals surface area contributed by atoms with Gasteiger partial charge in [-0.25, -0.2) is 4.39 Å². The standard InChI is InChI=1S/C23H35F/c1-3-17-23(2)18-11-9-7-5-4-6-8-10-12-21(19-23)20-13-15-22(24)16-14-20/h3,13-17,21H,4-12,18-19H2,1-2H3/b17-3+. The summed E-state index contributed by atoms with van der Waals surface area (Å²) in [5.41, 5.74) is 1.59. The highest BCUT2D eigenvalue weighted by molar-refractivity contribution is 5.21. The average Bonchev–Trinajstić information content (AvgIpc) is 2.57. The molecule has 24 heavy (non-hydrogen) atoms. The lowest BCUT2D eigenvalue weighted by atomic mass is 9.73. The number of hydrogen-bond donors (Lipinski definition) is 0. The van der Waals surface area contributed by atoms with Gasteiger partial charge in [0.15, 0.2) is 0 Å². The highest BCUT2D eigenvalue weighted by atomic mass is 19.1. The third-order valence-electron chi connectivity index (χ3n) is 5.67. The van der Waals surface area contributed by atoms with Gasteiger partial charge in [-0.2, -0.15) is 0 Å². The van der Waals surface area contributed by atoms with Gasteiger partial charge in [0.2, 0.25) is 0 Å². The van der Waals surface area contributed by atoms with Crippen molar-refractivity contribution in [1.82, 2.24) is 0 Å². The molecule has 1 aliphatic carbocycles. The van der Waals surface area contributed by atoms with E-state index in [0.717, 1.165) is 0 Å². The van der Waals surface area contributed by atoms with E-state index >= 15 is 0 Å². The van der Waals surface area contributed by atoms with E-state index in [1.807, 2.05) is 12.1 Å². The zero-order chi connectivity index (χ0) is 17.3. The summed E-state index contributed by atoms with van der Waals surface area (Å²) in [7, 11) is 0. The van der Waals surface area contributed by atoms with Gasteiger partial charge in [-0.15, -0.1) is 0 Å². The van der Waals surface area contributed by atoms with Crippen LogP contribution in [0.15, 0.2) is 36.4 Å². The average molecular weight is 331 g/mol. The second-order valence-electron chi connectivity index (χ2n) is 7.97. The molecule has 1 heteroatoms. The van der Waals surface area contributed by atoms with Crippen molar-refractivity contribution in [3.63, 3.8) is 0 Å². The Morgan fingerprint density at radius 3 is 2.12 bits per heavy atom. The Morgan fingerprint density at radius 2 is 1.50 bits per heavy atom. The zero-order valence-electron chi connectivity index (χ0n) is 15.7. The Hall–Kier alpha value is -1.11. The quantitative estimate of drug-likeness (QED) is 0.485. The SMILES string of the molecule is C/C=C/C1(C)CCCCCCCCCCC(c2ccc(F)cc2)C1. The van der Waals surface area contributed by atoms with Gasteiger partial charge < -0.3 is 0 Å². The first-order valence-electron chi connectivity index (χ1n) is 10.0. The molecule has 1 aromatic rings. The van der Waals surface area contributed by atoms with E-state index in [9.17, 15) is 4.39 Å². The van der Waals surface area contributed by atoms with Gasteiger partial charge in [0.1, 0.15) is 5.82 Å². The second kappa shape index (κ2) is 10.0. The molecule has 1 saturated carbocycles. The highest BCUT2D eigenvalue weighted by Crippen LogP contribution is 2.40. The summed E-state index contributed by atoms with van der Waals surface area (Å²) >= 11 is 0. The smallest absolute Gasteiger partial charge is 0.123 e. The number of allylic oxidation sites excluding steroid dienone is 2. The summed E-state index contributed by atoms with van der Waals surface area (Å²) < 4.78 is 13.3. The maximum Gasteiger partial charge on any atom is 0.123 e. The molecule has 0 spiro atoms. The number of hydrogen-bond acceptors (Lipinski definition) is 0. The van der Waals surface area contributed by atoms with Gasteiger partial charge in [0, 0.05) is 0 Å². The van der Waals surface area contributed by atoms with Crippen LogP contribution >= 0.6 is 0 Å². The number of benzene rings is 1. The third kappa shape index (κ3) is 6.42. The molecule has 2 atom stereocenters. The van der Waals surface area contributed by atoms with Crippen LogP contribution in [0.25, 0.3) is 0 Å². The van der Waals surface area contributed by atoms with Crippen LogP contribution < -0.4 is 0 Å². The fraction of sp³-hybridized carbons (Fsp3) is 0.652. The second-order valence-corrected chi connectivity index (χ2v) is 7.97. The maximum absolute atomic E-state index is 13.3. The van der Waals surface area contributed by atoms with Crippen LogP contribution in [0.3, 0.4) is 0 Å². The normalized spacial score (nSPS) is 28.0. The molecule has 1 fully saturated rings. The third-order valence-corrected chi connectivity index (χ3v) is 5.67. The fourth-order valence-corrected chi connectivity index (χ4v) is 4.32. The minimum atomic E-state index is -0.125. The molecule has 0 N–H and O–H groups in total. The van der Waals surface area contributed by atoms with Crippen molar-refractivity contribution >= 4 is 0 Å². The fourth-order valence-electron chi connectivity index (χ4n) is 4.32. The van der Waals surface area contributed by atoms with Crippen molar-refractivity contribution in [2.45, 2.75) is 90.4 Å². The molecule has 0 heterocycles. The van der Waals surface area contributed by atoms with E-state index in [1.54, 1.807) is 12.1 Å². The van der Waals surface area contributed by atoms with Crippen LogP contribution in [-0.2, 0) is 0 Å². The molecule has 1 aromatic carbocycles. The highest BCUT2D eigenvalue weighted by Gasteiger charge is 2.26. The molecule has 0 radical (unpaired) electrons. The first-order valence-corrected chi connectivity index (χ1v) is 10.0. The van der Waals surface area contributed by atoms with Crippen molar-refractivity contribution in [2.24, 2.45) is 5.41 Å². The lowest BCUT2D eigenvalue weighted by Gasteiger charge is -2.31. The first kappa shape index (κ1) is 19.2.